The molecule has 0 spiro atoms. The van der Waals surface area contributed by atoms with E-state index in [0.29, 0.717) is 0 Å². The minimum atomic E-state index is 0.793. The first-order chi connectivity index (χ1) is 8.34. The van der Waals surface area contributed by atoms with E-state index in [1.54, 1.807) is 5.57 Å². The summed E-state index contributed by atoms with van der Waals surface area (Å²) in [6.45, 7) is 0. The summed E-state index contributed by atoms with van der Waals surface area (Å²) in [6, 6.07) is 18.7. The Kier molecular flexibility index (Phi) is 2.74. The third-order valence-electron chi connectivity index (χ3n) is 3.05. The van der Waals surface area contributed by atoms with Crippen LogP contribution < -0.4 is 0 Å². The van der Waals surface area contributed by atoms with Gasteiger partial charge < -0.3 is 0 Å². The quantitative estimate of drug-likeness (QED) is 0.698. The van der Waals surface area contributed by atoms with E-state index in [0.717, 1.165) is 5.02 Å². The summed E-state index contributed by atoms with van der Waals surface area (Å²) in [7, 11) is 0. The van der Waals surface area contributed by atoms with Gasteiger partial charge in [-0.25, -0.2) is 0 Å². The van der Waals surface area contributed by atoms with Crippen LogP contribution >= 0.6 is 11.6 Å². The first-order valence-corrected chi connectivity index (χ1v) is 6.26. The molecule has 0 N–H and O–H groups in total. The lowest BCUT2D eigenvalue weighted by molar-refractivity contribution is 1.50. The predicted molar refractivity (Wildman–Crippen MR) is 73.2 cm³/mol. The van der Waals surface area contributed by atoms with Gasteiger partial charge in [0, 0.05) is 5.02 Å². The first-order valence-electron chi connectivity index (χ1n) is 5.88. The summed E-state index contributed by atoms with van der Waals surface area (Å²) < 4.78 is 0. The van der Waals surface area contributed by atoms with Crippen LogP contribution in [0.15, 0.2) is 60.2 Å². The third-order valence-corrected chi connectivity index (χ3v) is 3.30. The molecule has 0 aromatic heterocycles. The van der Waals surface area contributed by atoms with Crippen molar-refractivity contribution in [3.8, 4) is 0 Å². The minimum absolute atomic E-state index is 0.793. The van der Waals surface area contributed by atoms with E-state index in [2.05, 4.69) is 42.5 Å². The number of hydrogen-bond donors (Lipinski definition) is 0. The fraction of sp³-hybridized carbons (Fsp3) is 0.125. The number of rotatable bonds is 2. The van der Waals surface area contributed by atoms with Crippen molar-refractivity contribution < 1.29 is 0 Å². The molecule has 0 saturated heterocycles. The smallest absolute Gasteiger partial charge is 0.0406 e. The topological polar surface area (TPSA) is 0 Å². The second kappa shape index (κ2) is 4.38. The van der Waals surface area contributed by atoms with E-state index in [1.807, 2.05) is 12.1 Å². The standard InChI is InChI=1S/C16H13Cl/c17-15-10-8-14(9-11-15)16(13-6-7-13)12-4-2-1-3-5-12/h1-5,8-11H,6-7H2. The molecule has 0 radical (unpaired) electrons. The second-order valence-corrected chi connectivity index (χ2v) is 4.79. The summed E-state index contributed by atoms with van der Waals surface area (Å²) in [5.41, 5.74) is 5.52. The van der Waals surface area contributed by atoms with Crippen LogP contribution in [0.3, 0.4) is 0 Å². The lowest BCUT2D eigenvalue weighted by Crippen LogP contribution is -1.87. The highest BCUT2D eigenvalue weighted by atomic mass is 35.5. The van der Waals surface area contributed by atoms with Gasteiger partial charge in [0.1, 0.15) is 0 Å². The van der Waals surface area contributed by atoms with Crippen molar-refractivity contribution in [1.29, 1.82) is 0 Å². The maximum absolute atomic E-state index is 5.94. The van der Waals surface area contributed by atoms with Gasteiger partial charge in [0.25, 0.3) is 0 Å². The van der Waals surface area contributed by atoms with Crippen LogP contribution in [0.25, 0.3) is 5.57 Å². The Morgan fingerprint density at radius 1 is 0.765 bits per heavy atom. The zero-order valence-corrected chi connectivity index (χ0v) is 10.2. The molecule has 0 aliphatic heterocycles. The van der Waals surface area contributed by atoms with Gasteiger partial charge in [-0.05, 0) is 41.7 Å². The van der Waals surface area contributed by atoms with Crippen molar-refractivity contribution in [1.82, 2.24) is 0 Å². The van der Waals surface area contributed by atoms with Gasteiger partial charge in [-0.2, -0.15) is 0 Å². The summed E-state index contributed by atoms with van der Waals surface area (Å²) in [4.78, 5) is 0. The number of hydrogen-bond acceptors (Lipinski definition) is 0. The van der Waals surface area contributed by atoms with Crippen LogP contribution in [0, 0.1) is 0 Å². The maximum Gasteiger partial charge on any atom is 0.0406 e. The Balaban J connectivity index is 2.09. The van der Waals surface area contributed by atoms with Crippen molar-refractivity contribution in [2.24, 2.45) is 0 Å². The molecule has 0 atom stereocenters. The Labute approximate surface area is 107 Å². The van der Waals surface area contributed by atoms with Crippen LogP contribution in [-0.2, 0) is 0 Å². The summed E-state index contributed by atoms with van der Waals surface area (Å²) in [6.07, 6.45) is 2.46. The summed E-state index contributed by atoms with van der Waals surface area (Å²) in [5, 5.41) is 0.793. The molecule has 2 aromatic carbocycles. The average molecular weight is 241 g/mol. The average Bonchev–Trinajstić information content (AvgIpc) is 3.18. The van der Waals surface area contributed by atoms with Crippen molar-refractivity contribution in [3.05, 3.63) is 76.3 Å². The van der Waals surface area contributed by atoms with Crippen molar-refractivity contribution >= 4 is 17.2 Å². The van der Waals surface area contributed by atoms with E-state index >= 15 is 0 Å². The first kappa shape index (κ1) is 10.6. The highest BCUT2D eigenvalue weighted by molar-refractivity contribution is 6.30. The number of allylic oxidation sites excluding steroid dienone is 1. The van der Waals surface area contributed by atoms with E-state index in [4.69, 9.17) is 11.6 Å². The van der Waals surface area contributed by atoms with Crippen LogP contribution in [0.2, 0.25) is 5.02 Å². The molecule has 1 aliphatic carbocycles. The van der Waals surface area contributed by atoms with Crippen molar-refractivity contribution in [3.63, 3.8) is 0 Å². The molecule has 0 heterocycles. The molecule has 1 aliphatic rings. The third kappa shape index (κ3) is 2.27. The summed E-state index contributed by atoms with van der Waals surface area (Å²) >= 11 is 5.94. The van der Waals surface area contributed by atoms with Gasteiger partial charge in [0.05, 0.1) is 0 Å². The molecular weight excluding hydrogens is 228 g/mol. The molecule has 1 fully saturated rings. The Hall–Kier alpha value is -1.53. The van der Waals surface area contributed by atoms with Gasteiger partial charge >= 0.3 is 0 Å². The zero-order valence-electron chi connectivity index (χ0n) is 9.49. The van der Waals surface area contributed by atoms with Gasteiger partial charge in [0.2, 0.25) is 0 Å². The number of halogens is 1. The molecule has 0 unspecified atom stereocenters. The Morgan fingerprint density at radius 3 is 1.94 bits per heavy atom. The van der Waals surface area contributed by atoms with E-state index < -0.39 is 0 Å². The molecule has 1 heteroatoms. The minimum Gasteiger partial charge on any atom is -0.0843 e. The normalized spacial score (nSPS) is 13.6. The van der Waals surface area contributed by atoms with Gasteiger partial charge in [-0.1, -0.05) is 59.6 Å². The van der Waals surface area contributed by atoms with Crippen LogP contribution in [0.4, 0.5) is 0 Å². The Morgan fingerprint density at radius 2 is 1.35 bits per heavy atom. The van der Waals surface area contributed by atoms with Crippen molar-refractivity contribution in [2.45, 2.75) is 12.8 Å². The van der Waals surface area contributed by atoms with E-state index in [1.165, 1.54) is 29.5 Å². The molecule has 0 amide bonds. The fourth-order valence-corrected chi connectivity index (χ4v) is 2.23. The molecule has 0 bridgehead atoms. The molecule has 3 rings (SSSR count). The van der Waals surface area contributed by atoms with Crippen LogP contribution in [0.1, 0.15) is 24.0 Å². The Bertz CT molecular complexity index is 544. The lowest BCUT2D eigenvalue weighted by atomic mass is 9.97. The largest absolute Gasteiger partial charge is 0.0843 e. The summed E-state index contributed by atoms with van der Waals surface area (Å²) in [5.74, 6) is 0. The molecule has 17 heavy (non-hydrogen) atoms. The number of benzene rings is 2. The van der Waals surface area contributed by atoms with Gasteiger partial charge in [-0.3, -0.25) is 0 Å². The molecule has 2 aromatic rings. The van der Waals surface area contributed by atoms with Crippen LogP contribution in [-0.4, -0.2) is 0 Å². The molecule has 0 nitrogen and oxygen atoms in total. The van der Waals surface area contributed by atoms with E-state index in [-0.39, 0.29) is 0 Å². The van der Waals surface area contributed by atoms with Crippen LogP contribution in [0.5, 0.6) is 0 Å². The highest BCUT2D eigenvalue weighted by Gasteiger charge is 2.19. The van der Waals surface area contributed by atoms with E-state index in [9.17, 15) is 0 Å². The fourth-order valence-electron chi connectivity index (χ4n) is 2.11. The highest BCUT2D eigenvalue weighted by Crippen LogP contribution is 2.40. The van der Waals surface area contributed by atoms with Gasteiger partial charge in [-0.15, -0.1) is 0 Å². The second-order valence-electron chi connectivity index (χ2n) is 4.35. The predicted octanol–water partition coefficient (Wildman–Crippen LogP) is 4.94. The van der Waals surface area contributed by atoms with Gasteiger partial charge in [0.15, 0.2) is 0 Å². The molecule has 1 saturated carbocycles. The maximum atomic E-state index is 5.94. The molecule has 84 valence electrons. The monoisotopic (exact) mass is 240 g/mol. The zero-order chi connectivity index (χ0) is 11.7. The molecular formula is C16H13Cl. The van der Waals surface area contributed by atoms with Crippen molar-refractivity contribution in [2.75, 3.05) is 0 Å². The SMILES string of the molecule is Clc1ccc(C(=C2CC2)c2ccccc2)cc1. The lowest BCUT2D eigenvalue weighted by Gasteiger charge is -2.08.